The lowest BCUT2D eigenvalue weighted by Gasteiger charge is -2.54. The van der Waals surface area contributed by atoms with E-state index >= 15 is 0 Å². The molecular weight excluding hydrogens is 308 g/mol. The van der Waals surface area contributed by atoms with E-state index in [0.29, 0.717) is 16.6 Å². The van der Waals surface area contributed by atoms with Gasteiger partial charge in [0.25, 0.3) is 0 Å². The molecule has 5 aliphatic carbocycles. The number of ether oxygens (including phenoxy) is 1. The number of carbonyl (C=O) groups is 1. The van der Waals surface area contributed by atoms with Crippen molar-refractivity contribution in [3.63, 3.8) is 0 Å². The Bertz CT molecular complexity index is 712. The summed E-state index contributed by atoms with van der Waals surface area (Å²) >= 11 is 0. The van der Waals surface area contributed by atoms with E-state index in [1.807, 2.05) is 0 Å². The van der Waals surface area contributed by atoms with Crippen LogP contribution in [0.3, 0.4) is 0 Å². The SMILES string of the molecule is C[C@]12CCC3C4=C(CCC3C1CC1(CC1)[C@@]21C=CCO1)CC(=O)CC4. The lowest BCUT2D eigenvalue weighted by atomic mass is 9.52. The highest BCUT2D eigenvalue weighted by Gasteiger charge is 2.76. The standard InChI is InChI=1S/C23H30O2/c1-21-9-7-18-17-6-4-16(24)13-15(17)3-5-19(18)20(21)14-22(10-11-22)23(21)8-2-12-25-23/h2,8,18-20H,3-7,9-14H2,1H3/t18?,19?,20?,21-,23+/m0/s1. The van der Waals surface area contributed by atoms with Crippen LogP contribution in [-0.2, 0) is 9.53 Å². The fraction of sp³-hybridized carbons (Fsp3) is 0.783. The molecule has 134 valence electrons. The summed E-state index contributed by atoms with van der Waals surface area (Å²) in [6.45, 7) is 3.40. The number of hydrogen-bond donors (Lipinski definition) is 0. The summed E-state index contributed by atoms with van der Waals surface area (Å²) in [4.78, 5) is 11.9. The summed E-state index contributed by atoms with van der Waals surface area (Å²) < 4.78 is 6.58. The Kier molecular flexibility index (Phi) is 2.85. The van der Waals surface area contributed by atoms with Crippen molar-refractivity contribution in [1.29, 1.82) is 0 Å². The first-order valence-electron chi connectivity index (χ1n) is 10.6. The first-order valence-corrected chi connectivity index (χ1v) is 10.6. The van der Waals surface area contributed by atoms with Crippen LogP contribution in [0.15, 0.2) is 23.3 Å². The molecule has 6 aliphatic rings. The lowest BCUT2D eigenvalue weighted by molar-refractivity contribution is -0.123. The number of rotatable bonds is 0. The van der Waals surface area contributed by atoms with Crippen LogP contribution < -0.4 is 0 Å². The van der Waals surface area contributed by atoms with E-state index in [1.165, 1.54) is 44.9 Å². The van der Waals surface area contributed by atoms with Gasteiger partial charge < -0.3 is 4.74 Å². The Morgan fingerprint density at radius 3 is 2.76 bits per heavy atom. The smallest absolute Gasteiger partial charge is 0.137 e. The van der Waals surface area contributed by atoms with Crippen LogP contribution in [0.1, 0.15) is 71.1 Å². The maximum absolute atomic E-state index is 11.9. The quantitative estimate of drug-likeness (QED) is 0.582. The molecule has 25 heavy (non-hydrogen) atoms. The Morgan fingerprint density at radius 2 is 2.00 bits per heavy atom. The van der Waals surface area contributed by atoms with E-state index in [4.69, 9.17) is 4.74 Å². The second kappa shape index (κ2) is 4.68. The Labute approximate surface area is 151 Å². The van der Waals surface area contributed by atoms with Crippen molar-refractivity contribution >= 4 is 5.78 Å². The first kappa shape index (κ1) is 15.2. The summed E-state index contributed by atoms with van der Waals surface area (Å²) in [5.74, 6) is 2.94. The van der Waals surface area contributed by atoms with Crippen molar-refractivity contribution in [1.82, 2.24) is 0 Å². The van der Waals surface area contributed by atoms with Crippen LogP contribution in [0.25, 0.3) is 0 Å². The molecule has 0 aromatic rings. The summed E-state index contributed by atoms with van der Waals surface area (Å²) in [5, 5.41) is 0. The van der Waals surface area contributed by atoms with Gasteiger partial charge in [0.2, 0.25) is 0 Å². The average Bonchev–Trinajstić information content (AvgIpc) is 3.14. The monoisotopic (exact) mass is 338 g/mol. The van der Waals surface area contributed by atoms with E-state index in [-0.39, 0.29) is 5.60 Å². The molecular formula is C23H30O2. The highest BCUT2D eigenvalue weighted by Crippen LogP contribution is 2.78. The maximum atomic E-state index is 11.9. The maximum Gasteiger partial charge on any atom is 0.137 e. The van der Waals surface area contributed by atoms with Gasteiger partial charge >= 0.3 is 0 Å². The molecule has 0 aromatic heterocycles. The predicted octanol–water partition coefficient (Wildman–Crippen LogP) is 4.99. The van der Waals surface area contributed by atoms with Gasteiger partial charge in [-0.2, -0.15) is 0 Å². The first-order chi connectivity index (χ1) is 12.1. The minimum Gasteiger partial charge on any atom is -0.366 e. The van der Waals surface area contributed by atoms with Crippen molar-refractivity contribution < 1.29 is 9.53 Å². The van der Waals surface area contributed by atoms with E-state index in [9.17, 15) is 4.79 Å². The highest BCUT2D eigenvalue weighted by molar-refractivity contribution is 5.82. The van der Waals surface area contributed by atoms with Gasteiger partial charge in [-0.25, -0.2) is 0 Å². The molecule has 2 nitrogen and oxygen atoms in total. The number of ketones is 1. The summed E-state index contributed by atoms with van der Waals surface area (Å²) in [6.07, 6.45) is 16.8. The van der Waals surface area contributed by atoms with Gasteiger partial charge in [-0.1, -0.05) is 30.2 Å². The van der Waals surface area contributed by atoms with Crippen LogP contribution in [0.4, 0.5) is 0 Å². The van der Waals surface area contributed by atoms with Crippen molar-refractivity contribution in [3.05, 3.63) is 23.3 Å². The fourth-order valence-electron chi connectivity index (χ4n) is 8.24. The lowest BCUT2D eigenvalue weighted by Crippen LogP contribution is -2.53. The van der Waals surface area contributed by atoms with Crippen LogP contribution in [0, 0.1) is 28.6 Å². The molecule has 2 spiro atoms. The molecule has 5 atom stereocenters. The highest BCUT2D eigenvalue weighted by atomic mass is 16.5. The van der Waals surface area contributed by atoms with Crippen LogP contribution >= 0.6 is 0 Å². The van der Waals surface area contributed by atoms with E-state index in [1.54, 1.807) is 11.1 Å². The van der Waals surface area contributed by atoms with E-state index in [2.05, 4.69) is 19.1 Å². The molecule has 0 bridgehead atoms. The number of fused-ring (bicyclic) bond motifs is 6. The summed E-state index contributed by atoms with van der Waals surface area (Å²) in [6, 6.07) is 0. The van der Waals surface area contributed by atoms with Crippen molar-refractivity contribution in [3.8, 4) is 0 Å². The van der Waals surface area contributed by atoms with Gasteiger partial charge in [0.15, 0.2) is 0 Å². The fourth-order valence-corrected chi connectivity index (χ4v) is 8.24. The number of allylic oxidation sites excluding steroid dienone is 2. The largest absolute Gasteiger partial charge is 0.366 e. The average molecular weight is 338 g/mol. The van der Waals surface area contributed by atoms with Crippen LogP contribution in [0.5, 0.6) is 0 Å². The van der Waals surface area contributed by atoms with Crippen molar-refractivity contribution in [2.45, 2.75) is 76.7 Å². The van der Waals surface area contributed by atoms with E-state index in [0.717, 1.165) is 43.6 Å². The zero-order valence-corrected chi connectivity index (χ0v) is 15.5. The molecule has 6 rings (SSSR count). The topological polar surface area (TPSA) is 26.3 Å². The van der Waals surface area contributed by atoms with Crippen molar-refractivity contribution in [2.24, 2.45) is 28.6 Å². The normalized spacial score (nSPS) is 49.5. The second-order valence-electron chi connectivity index (χ2n) is 10.1. The predicted molar refractivity (Wildman–Crippen MR) is 97.0 cm³/mol. The Morgan fingerprint density at radius 1 is 1.12 bits per heavy atom. The Balaban J connectivity index is 1.40. The minimum atomic E-state index is 0.0484. The molecule has 0 N–H and O–H groups in total. The van der Waals surface area contributed by atoms with Gasteiger partial charge in [-0.3, -0.25) is 4.79 Å². The molecule has 0 aromatic carbocycles. The van der Waals surface area contributed by atoms with Gasteiger partial charge in [0.05, 0.1) is 12.2 Å². The Hall–Kier alpha value is -0.890. The molecule has 0 radical (unpaired) electrons. The molecule has 1 aliphatic heterocycles. The van der Waals surface area contributed by atoms with Gasteiger partial charge in [-0.15, -0.1) is 0 Å². The van der Waals surface area contributed by atoms with Gasteiger partial charge in [0, 0.05) is 23.7 Å². The molecule has 2 heteroatoms. The summed E-state index contributed by atoms with van der Waals surface area (Å²) in [7, 11) is 0. The third-order valence-electron chi connectivity index (χ3n) is 9.45. The summed E-state index contributed by atoms with van der Waals surface area (Å²) in [5.41, 5.74) is 4.12. The number of carbonyl (C=O) groups excluding carboxylic acids is 1. The molecule has 0 saturated heterocycles. The molecule has 1 heterocycles. The zero-order valence-electron chi connectivity index (χ0n) is 15.5. The van der Waals surface area contributed by atoms with Gasteiger partial charge in [-0.05, 0) is 69.1 Å². The number of hydrogen-bond acceptors (Lipinski definition) is 2. The third-order valence-corrected chi connectivity index (χ3v) is 9.45. The number of Topliss-reactive ketones (excluding diaryl/α,β-unsaturated/α-hetero) is 1. The molecule has 3 saturated carbocycles. The zero-order chi connectivity index (χ0) is 16.9. The molecule has 3 fully saturated rings. The third kappa shape index (κ3) is 1.69. The molecule has 0 amide bonds. The molecule has 3 unspecified atom stereocenters. The minimum absolute atomic E-state index is 0.0484. The van der Waals surface area contributed by atoms with E-state index < -0.39 is 0 Å². The van der Waals surface area contributed by atoms with Crippen molar-refractivity contribution in [2.75, 3.05) is 6.61 Å². The van der Waals surface area contributed by atoms with Crippen LogP contribution in [0.2, 0.25) is 0 Å². The van der Waals surface area contributed by atoms with Crippen LogP contribution in [-0.4, -0.2) is 18.0 Å². The van der Waals surface area contributed by atoms with Gasteiger partial charge in [0.1, 0.15) is 5.78 Å². The second-order valence-corrected chi connectivity index (χ2v) is 10.1.